The maximum atomic E-state index is 13.9. The standard InChI is InChI=1S/C15H22F2N2O/c1-4-6-7-19(10(3)5-2)15(20)12-8-11(16)9-13(18)14(12)17/h8-10H,4-7,18H2,1-3H3. The van der Waals surface area contributed by atoms with Crippen LogP contribution in [0.25, 0.3) is 0 Å². The smallest absolute Gasteiger partial charge is 0.257 e. The second kappa shape index (κ2) is 7.22. The Balaban J connectivity index is 3.11. The van der Waals surface area contributed by atoms with Gasteiger partial charge in [-0.3, -0.25) is 4.79 Å². The van der Waals surface area contributed by atoms with Crippen molar-refractivity contribution in [2.45, 2.75) is 46.1 Å². The van der Waals surface area contributed by atoms with Crippen molar-refractivity contribution in [3.63, 3.8) is 0 Å². The van der Waals surface area contributed by atoms with Gasteiger partial charge < -0.3 is 10.6 Å². The molecule has 2 N–H and O–H groups in total. The Bertz CT molecular complexity index is 477. The fourth-order valence-electron chi connectivity index (χ4n) is 1.99. The molecule has 0 aromatic heterocycles. The molecule has 0 heterocycles. The molecule has 0 spiro atoms. The van der Waals surface area contributed by atoms with Gasteiger partial charge in [0.15, 0.2) is 5.82 Å². The number of anilines is 1. The van der Waals surface area contributed by atoms with Crippen molar-refractivity contribution in [1.82, 2.24) is 4.90 Å². The minimum atomic E-state index is -0.846. The molecule has 1 amide bonds. The van der Waals surface area contributed by atoms with Crippen LogP contribution in [-0.4, -0.2) is 23.4 Å². The van der Waals surface area contributed by atoms with Crippen LogP contribution in [0.2, 0.25) is 0 Å². The van der Waals surface area contributed by atoms with Crippen LogP contribution < -0.4 is 5.73 Å². The highest BCUT2D eigenvalue weighted by Crippen LogP contribution is 2.21. The zero-order valence-electron chi connectivity index (χ0n) is 12.2. The predicted molar refractivity (Wildman–Crippen MR) is 76.5 cm³/mol. The first kappa shape index (κ1) is 16.4. The molecule has 3 nitrogen and oxygen atoms in total. The summed E-state index contributed by atoms with van der Waals surface area (Å²) in [5, 5.41) is 0. The average Bonchev–Trinajstić information content (AvgIpc) is 2.42. The number of amides is 1. The van der Waals surface area contributed by atoms with Gasteiger partial charge in [0.1, 0.15) is 5.82 Å². The third-order valence-corrected chi connectivity index (χ3v) is 3.43. The molecular weight excluding hydrogens is 262 g/mol. The monoisotopic (exact) mass is 284 g/mol. The van der Waals surface area contributed by atoms with E-state index in [1.54, 1.807) is 4.90 Å². The molecule has 0 fully saturated rings. The van der Waals surface area contributed by atoms with Gasteiger partial charge in [0.25, 0.3) is 5.91 Å². The van der Waals surface area contributed by atoms with Crippen molar-refractivity contribution in [2.75, 3.05) is 12.3 Å². The molecule has 1 aromatic carbocycles. The van der Waals surface area contributed by atoms with Gasteiger partial charge in [-0.05, 0) is 31.9 Å². The Kier molecular flexibility index (Phi) is 5.92. The fraction of sp³-hybridized carbons (Fsp3) is 0.533. The van der Waals surface area contributed by atoms with Gasteiger partial charge >= 0.3 is 0 Å². The number of nitrogens with two attached hydrogens (primary N) is 1. The van der Waals surface area contributed by atoms with Crippen LogP contribution in [0.3, 0.4) is 0 Å². The lowest BCUT2D eigenvalue weighted by atomic mass is 10.1. The van der Waals surface area contributed by atoms with Crippen molar-refractivity contribution in [3.8, 4) is 0 Å². The van der Waals surface area contributed by atoms with E-state index in [1.807, 2.05) is 20.8 Å². The lowest BCUT2D eigenvalue weighted by Gasteiger charge is -2.29. The number of carbonyl (C=O) groups excluding carboxylic acids is 1. The van der Waals surface area contributed by atoms with E-state index in [-0.39, 0.29) is 17.3 Å². The Morgan fingerprint density at radius 3 is 2.55 bits per heavy atom. The molecule has 20 heavy (non-hydrogen) atoms. The summed E-state index contributed by atoms with van der Waals surface area (Å²) < 4.78 is 27.3. The largest absolute Gasteiger partial charge is 0.396 e. The number of hydrogen-bond donors (Lipinski definition) is 1. The van der Waals surface area contributed by atoms with Crippen molar-refractivity contribution >= 4 is 11.6 Å². The van der Waals surface area contributed by atoms with Crippen LogP contribution in [-0.2, 0) is 0 Å². The summed E-state index contributed by atoms with van der Waals surface area (Å²) in [4.78, 5) is 14.0. The quantitative estimate of drug-likeness (QED) is 0.811. The summed E-state index contributed by atoms with van der Waals surface area (Å²) in [6, 6.07) is 1.76. The van der Waals surface area contributed by atoms with Gasteiger partial charge in [-0.2, -0.15) is 0 Å². The third-order valence-electron chi connectivity index (χ3n) is 3.43. The third kappa shape index (κ3) is 3.68. The maximum absolute atomic E-state index is 13.9. The van der Waals surface area contributed by atoms with Crippen molar-refractivity contribution in [2.24, 2.45) is 0 Å². The summed E-state index contributed by atoms with van der Waals surface area (Å²) in [6.07, 6.45) is 2.50. The first-order valence-corrected chi connectivity index (χ1v) is 6.97. The number of carbonyl (C=O) groups is 1. The fourth-order valence-corrected chi connectivity index (χ4v) is 1.99. The van der Waals surface area contributed by atoms with E-state index in [1.165, 1.54) is 0 Å². The van der Waals surface area contributed by atoms with Crippen molar-refractivity contribution in [3.05, 3.63) is 29.3 Å². The normalized spacial score (nSPS) is 12.2. The first-order valence-electron chi connectivity index (χ1n) is 6.97. The topological polar surface area (TPSA) is 46.3 Å². The Labute approximate surface area is 118 Å². The van der Waals surface area contributed by atoms with Crippen LogP contribution >= 0.6 is 0 Å². The number of nitrogen functional groups attached to an aromatic ring is 1. The molecule has 1 rings (SSSR count). The molecule has 0 aliphatic carbocycles. The van der Waals surface area contributed by atoms with E-state index in [2.05, 4.69) is 0 Å². The number of unbranched alkanes of at least 4 members (excludes halogenated alkanes) is 1. The van der Waals surface area contributed by atoms with Gasteiger partial charge in [-0.25, -0.2) is 8.78 Å². The van der Waals surface area contributed by atoms with Gasteiger partial charge in [-0.15, -0.1) is 0 Å². The van der Waals surface area contributed by atoms with Gasteiger partial charge in [0.2, 0.25) is 0 Å². The zero-order valence-corrected chi connectivity index (χ0v) is 12.2. The number of halogens is 2. The second-order valence-electron chi connectivity index (χ2n) is 4.97. The molecule has 5 heteroatoms. The van der Waals surface area contributed by atoms with Crippen LogP contribution in [0.15, 0.2) is 12.1 Å². The van der Waals surface area contributed by atoms with E-state index in [0.717, 1.165) is 31.4 Å². The van der Waals surface area contributed by atoms with E-state index in [9.17, 15) is 13.6 Å². The predicted octanol–water partition coefficient (Wildman–Crippen LogP) is 3.59. The van der Waals surface area contributed by atoms with E-state index >= 15 is 0 Å². The molecule has 0 aliphatic rings. The van der Waals surface area contributed by atoms with Crippen molar-refractivity contribution in [1.29, 1.82) is 0 Å². The lowest BCUT2D eigenvalue weighted by molar-refractivity contribution is 0.0680. The van der Waals surface area contributed by atoms with Gasteiger partial charge in [0, 0.05) is 12.6 Å². The highest BCUT2D eigenvalue weighted by molar-refractivity contribution is 5.95. The first-order chi connectivity index (χ1) is 9.42. The molecule has 0 saturated carbocycles. The summed E-state index contributed by atoms with van der Waals surface area (Å²) in [5.74, 6) is -2.05. The number of rotatable bonds is 6. The minimum absolute atomic E-state index is 0.0297. The maximum Gasteiger partial charge on any atom is 0.257 e. The SMILES string of the molecule is CCCCN(C(=O)c1cc(F)cc(N)c1F)C(C)CC. The summed E-state index contributed by atoms with van der Waals surface area (Å²) in [7, 11) is 0. The summed E-state index contributed by atoms with van der Waals surface area (Å²) in [5.41, 5.74) is 4.75. The van der Waals surface area contributed by atoms with Gasteiger partial charge in [-0.1, -0.05) is 20.3 Å². The lowest BCUT2D eigenvalue weighted by Crippen LogP contribution is -2.39. The highest BCUT2D eigenvalue weighted by Gasteiger charge is 2.24. The molecule has 1 unspecified atom stereocenters. The van der Waals surface area contributed by atoms with Gasteiger partial charge in [0.05, 0.1) is 11.3 Å². The number of benzene rings is 1. The summed E-state index contributed by atoms with van der Waals surface area (Å²) in [6.45, 7) is 6.39. The van der Waals surface area contributed by atoms with Crippen LogP contribution in [0.1, 0.15) is 50.4 Å². The Morgan fingerprint density at radius 2 is 2.00 bits per heavy atom. The second-order valence-corrected chi connectivity index (χ2v) is 4.97. The Morgan fingerprint density at radius 1 is 1.35 bits per heavy atom. The van der Waals surface area contributed by atoms with E-state index in [0.29, 0.717) is 6.54 Å². The molecule has 0 radical (unpaired) electrons. The number of nitrogens with zero attached hydrogens (tertiary/aromatic N) is 1. The molecule has 1 atom stereocenters. The number of hydrogen-bond acceptors (Lipinski definition) is 2. The molecule has 112 valence electrons. The molecule has 1 aromatic rings. The zero-order chi connectivity index (χ0) is 15.3. The molecular formula is C15H22F2N2O. The van der Waals surface area contributed by atoms with Crippen molar-refractivity contribution < 1.29 is 13.6 Å². The molecule has 0 saturated heterocycles. The minimum Gasteiger partial charge on any atom is -0.396 e. The molecule has 0 bridgehead atoms. The molecule has 0 aliphatic heterocycles. The van der Waals surface area contributed by atoms with Crippen LogP contribution in [0, 0.1) is 11.6 Å². The van der Waals surface area contributed by atoms with Crippen LogP contribution in [0.5, 0.6) is 0 Å². The van der Waals surface area contributed by atoms with E-state index < -0.39 is 17.5 Å². The highest BCUT2D eigenvalue weighted by atomic mass is 19.1. The summed E-state index contributed by atoms with van der Waals surface area (Å²) >= 11 is 0. The Hall–Kier alpha value is -1.65. The average molecular weight is 284 g/mol. The van der Waals surface area contributed by atoms with Crippen LogP contribution in [0.4, 0.5) is 14.5 Å². The van der Waals surface area contributed by atoms with E-state index in [4.69, 9.17) is 5.73 Å².